The van der Waals surface area contributed by atoms with Crippen molar-refractivity contribution >= 4 is 5.78 Å². The Morgan fingerprint density at radius 1 is 0.905 bits per heavy atom. The first-order valence-corrected chi connectivity index (χ1v) is 5.57. The summed E-state index contributed by atoms with van der Waals surface area (Å²) in [6.45, 7) is 0. The molecule has 0 aliphatic carbocycles. The molecule has 21 heavy (non-hydrogen) atoms. The highest BCUT2D eigenvalue weighted by atomic mass is 19.4. The molecule has 2 aromatic rings. The number of hydrogen-bond acceptors (Lipinski definition) is 1. The van der Waals surface area contributed by atoms with Gasteiger partial charge in [-0.1, -0.05) is 18.2 Å². The molecule has 0 bridgehead atoms. The Balaban J connectivity index is 2.62. The molecular formula is C14H6F6O. The first-order valence-electron chi connectivity index (χ1n) is 5.57. The van der Waals surface area contributed by atoms with Crippen molar-refractivity contribution in [2.45, 2.75) is 6.18 Å². The number of alkyl halides is 3. The van der Waals surface area contributed by atoms with E-state index in [2.05, 4.69) is 0 Å². The third-order valence-electron chi connectivity index (χ3n) is 2.71. The summed E-state index contributed by atoms with van der Waals surface area (Å²) in [5.74, 6) is -5.90. The number of hydrogen-bond donors (Lipinski definition) is 0. The van der Waals surface area contributed by atoms with Crippen molar-refractivity contribution in [3.8, 4) is 0 Å². The van der Waals surface area contributed by atoms with Crippen LogP contribution in [0.5, 0.6) is 0 Å². The Hall–Kier alpha value is -2.31. The molecule has 0 atom stereocenters. The van der Waals surface area contributed by atoms with Crippen LogP contribution in [0.1, 0.15) is 21.5 Å². The highest BCUT2D eigenvalue weighted by Gasteiger charge is 2.36. The van der Waals surface area contributed by atoms with Crippen molar-refractivity contribution in [3.05, 3.63) is 70.5 Å². The SMILES string of the molecule is O=C(c1ccccc1C(F)(F)F)c1c(F)cc(F)cc1F. The molecule has 110 valence electrons. The van der Waals surface area contributed by atoms with Gasteiger partial charge in [-0.05, 0) is 6.07 Å². The molecule has 2 aromatic carbocycles. The molecule has 1 nitrogen and oxygen atoms in total. The van der Waals surface area contributed by atoms with E-state index in [1.165, 1.54) is 0 Å². The van der Waals surface area contributed by atoms with Gasteiger partial charge < -0.3 is 0 Å². The Morgan fingerprint density at radius 2 is 1.43 bits per heavy atom. The average molecular weight is 304 g/mol. The van der Waals surface area contributed by atoms with E-state index in [0.717, 1.165) is 18.2 Å². The number of carbonyl (C=O) groups excluding carboxylic acids is 1. The monoisotopic (exact) mass is 304 g/mol. The van der Waals surface area contributed by atoms with E-state index >= 15 is 0 Å². The number of benzene rings is 2. The van der Waals surface area contributed by atoms with Crippen LogP contribution in [0.25, 0.3) is 0 Å². The van der Waals surface area contributed by atoms with Crippen molar-refractivity contribution in [2.75, 3.05) is 0 Å². The molecule has 0 unspecified atom stereocenters. The zero-order chi connectivity index (χ0) is 15.8. The Kier molecular flexibility index (Phi) is 3.76. The number of ketones is 1. The Morgan fingerprint density at radius 3 is 1.95 bits per heavy atom. The van der Waals surface area contributed by atoms with Gasteiger partial charge in [0.15, 0.2) is 5.78 Å². The van der Waals surface area contributed by atoms with Gasteiger partial charge in [0.2, 0.25) is 0 Å². The van der Waals surface area contributed by atoms with Crippen molar-refractivity contribution in [1.82, 2.24) is 0 Å². The summed E-state index contributed by atoms with van der Waals surface area (Å²) >= 11 is 0. The predicted octanol–water partition coefficient (Wildman–Crippen LogP) is 4.35. The maximum atomic E-state index is 13.5. The fraction of sp³-hybridized carbons (Fsp3) is 0.0714. The zero-order valence-corrected chi connectivity index (χ0v) is 10.1. The van der Waals surface area contributed by atoms with E-state index in [1.54, 1.807) is 0 Å². The molecule has 0 aliphatic rings. The molecule has 0 spiro atoms. The van der Waals surface area contributed by atoms with Crippen LogP contribution in [0.15, 0.2) is 36.4 Å². The average Bonchev–Trinajstić information content (AvgIpc) is 2.36. The summed E-state index contributed by atoms with van der Waals surface area (Å²) in [6.07, 6.45) is -4.86. The Labute approximate surface area is 114 Å². The van der Waals surface area contributed by atoms with Gasteiger partial charge in [-0.25, -0.2) is 13.2 Å². The molecule has 2 rings (SSSR count). The van der Waals surface area contributed by atoms with Crippen LogP contribution in [0.3, 0.4) is 0 Å². The van der Waals surface area contributed by atoms with Gasteiger partial charge in [0.1, 0.15) is 17.5 Å². The van der Waals surface area contributed by atoms with Gasteiger partial charge in [0.05, 0.1) is 11.1 Å². The van der Waals surface area contributed by atoms with Crippen molar-refractivity contribution in [2.24, 2.45) is 0 Å². The molecule has 0 saturated carbocycles. The van der Waals surface area contributed by atoms with Gasteiger partial charge in [0.25, 0.3) is 0 Å². The van der Waals surface area contributed by atoms with Crippen LogP contribution in [-0.4, -0.2) is 5.78 Å². The summed E-state index contributed by atoms with van der Waals surface area (Å²) in [7, 11) is 0. The zero-order valence-electron chi connectivity index (χ0n) is 10.1. The summed E-state index contributed by atoms with van der Waals surface area (Å²) in [5.41, 5.74) is -3.46. The van der Waals surface area contributed by atoms with Crippen LogP contribution >= 0.6 is 0 Å². The molecule has 0 amide bonds. The van der Waals surface area contributed by atoms with Gasteiger partial charge in [-0.3, -0.25) is 4.79 Å². The number of halogens is 6. The molecule has 0 aliphatic heterocycles. The van der Waals surface area contributed by atoms with Crippen molar-refractivity contribution < 1.29 is 31.1 Å². The lowest BCUT2D eigenvalue weighted by atomic mass is 9.97. The normalized spacial score (nSPS) is 11.5. The van der Waals surface area contributed by atoms with E-state index in [1.807, 2.05) is 0 Å². The van der Waals surface area contributed by atoms with Gasteiger partial charge in [-0.15, -0.1) is 0 Å². The first-order chi connectivity index (χ1) is 9.71. The topological polar surface area (TPSA) is 17.1 Å². The standard InChI is InChI=1S/C14H6F6O/c15-7-5-10(16)12(11(17)6-7)13(21)8-3-1-2-4-9(8)14(18,19)20/h1-6H. The molecule has 0 heterocycles. The minimum Gasteiger partial charge on any atom is -0.288 e. The number of rotatable bonds is 2. The largest absolute Gasteiger partial charge is 0.417 e. The molecule has 0 radical (unpaired) electrons. The molecule has 7 heteroatoms. The lowest BCUT2D eigenvalue weighted by Gasteiger charge is -2.12. The molecule has 0 aromatic heterocycles. The second-order valence-electron chi connectivity index (χ2n) is 4.12. The smallest absolute Gasteiger partial charge is 0.288 e. The van der Waals surface area contributed by atoms with E-state index in [4.69, 9.17) is 0 Å². The van der Waals surface area contributed by atoms with Gasteiger partial charge in [0, 0.05) is 17.7 Å². The maximum absolute atomic E-state index is 13.5. The minimum absolute atomic E-state index is 0.229. The quantitative estimate of drug-likeness (QED) is 0.595. The third-order valence-corrected chi connectivity index (χ3v) is 2.71. The van der Waals surface area contributed by atoms with E-state index in [0.29, 0.717) is 6.07 Å². The molecular weight excluding hydrogens is 298 g/mol. The summed E-state index contributed by atoms with van der Waals surface area (Å²) in [5, 5.41) is 0. The predicted molar refractivity (Wildman–Crippen MR) is 61.2 cm³/mol. The summed E-state index contributed by atoms with van der Waals surface area (Å²) < 4.78 is 78.1. The number of carbonyl (C=O) groups is 1. The van der Waals surface area contributed by atoms with E-state index < -0.39 is 46.1 Å². The lowest BCUT2D eigenvalue weighted by Crippen LogP contribution is -2.16. The van der Waals surface area contributed by atoms with Crippen LogP contribution in [0, 0.1) is 17.5 Å². The van der Waals surface area contributed by atoms with Crippen LogP contribution < -0.4 is 0 Å². The second kappa shape index (κ2) is 5.23. The fourth-order valence-corrected chi connectivity index (χ4v) is 1.82. The van der Waals surface area contributed by atoms with Crippen LogP contribution in [0.2, 0.25) is 0 Å². The Bertz CT molecular complexity index is 682. The first kappa shape index (κ1) is 15.1. The lowest BCUT2D eigenvalue weighted by molar-refractivity contribution is -0.137. The summed E-state index contributed by atoms with van der Waals surface area (Å²) in [4.78, 5) is 12.0. The van der Waals surface area contributed by atoms with E-state index in [9.17, 15) is 31.1 Å². The highest BCUT2D eigenvalue weighted by molar-refractivity contribution is 6.10. The molecule has 0 N–H and O–H groups in total. The third kappa shape index (κ3) is 2.91. The van der Waals surface area contributed by atoms with Gasteiger partial charge >= 0.3 is 6.18 Å². The van der Waals surface area contributed by atoms with Crippen LogP contribution in [-0.2, 0) is 6.18 Å². The fourth-order valence-electron chi connectivity index (χ4n) is 1.82. The molecule has 0 saturated heterocycles. The summed E-state index contributed by atoms with van der Waals surface area (Å²) in [6, 6.07) is 4.04. The second-order valence-corrected chi connectivity index (χ2v) is 4.12. The van der Waals surface area contributed by atoms with E-state index in [-0.39, 0.29) is 12.1 Å². The highest BCUT2D eigenvalue weighted by Crippen LogP contribution is 2.33. The minimum atomic E-state index is -4.86. The maximum Gasteiger partial charge on any atom is 0.417 e. The molecule has 0 fully saturated rings. The van der Waals surface area contributed by atoms with Crippen molar-refractivity contribution in [3.63, 3.8) is 0 Å². The van der Waals surface area contributed by atoms with Crippen molar-refractivity contribution in [1.29, 1.82) is 0 Å². The van der Waals surface area contributed by atoms with Gasteiger partial charge in [-0.2, -0.15) is 13.2 Å². The van der Waals surface area contributed by atoms with Crippen LogP contribution in [0.4, 0.5) is 26.3 Å².